The van der Waals surface area contributed by atoms with Crippen LogP contribution in [0.25, 0.3) is 0 Å². The molecule has 0 radical (unpaired) electrons. The lowest BCUT2D eigenvalue weighted by Gasteiger charge is -2.27. The van der Waals surface area contributed by atoms with Crippen LogP contribution in [-0.2, 0) is 9.53 Å². The number of hydrogen-bond acceptors (Lipinski definition) is 3. The van der Waals surface area contributed by atoms with E-state index in [-0.39, 0.29) is 13.0 Å². The highest BCUT2D eigenvalue weighted by atomic mass is 79.9. The molecule has 0 spiro atoms. The molecule has 2 amide bonds. The minimum atomic E-state index is -1.24. The Morgan fingerprint density at radius 1 is 1.39 bits per heavy atom. The second kappa shape index (κ2) is 6.86. The Bertz CT molecular complexity index is 603. The van der Waals surface area contributed by atoms with E-state index < -0.39 is 29.8 Å². The van der Waals surface area contributed by atoms with E-state index in [1.807, 2.05) is 6.07 Å². The van der Waals surface area contributed by atoms with Crippen LogP contribution >= 0.6 is 15.9 Å². The number of anilines is 1. The number of carbonyl (C=O) groups is 2. The maximum absolute atomic E-state index is 13.7. The molecule has 1 heterocycles. The van der Waals surface area contributed by atoms with Gasteiger partial charge in [0.25, 0.3) is 0 Å². The fraction of sp³-hybridized carbons (Fsp3) is 0.500. The number of nitrogens with zero attached hydrogens (tertiary/aromatic N) is 1. The summed E-state index contributed by atoms with van der Waals surface area (Å²) in [6, 6.07) is 6.19. The Kier molecular flexibility index (Phi) is 5.29. The molecule has 1 aliphatic rings. The summed E-state index contributed by atoms with van der Waals surface area (Å²) in [5, 5.41) is 2.71. The zero-order valence-electron chi connectivity index (χ0n) is 13.3. The lowest BCUT2D eigenvalue weighted by Crippen LogP contribution is -2.45. The predicted octanol–water partition coefficient (Wildman–Crippen LogP) is 3.74. The van der Waals surface area contributed by atoms with Crippen molar-refractivity contribution in [3.63, 3.8) is 0 Å². The fourth-order valence-corrected chi connectivity index (χ4v) is 2.75. The van der Waals surface area contributed by atoms with Crippen LogP contribution in [0.3, 0.4) is 0 Å². The van der Waals surface area contributed by atoms with Crippen molar-refractivity contribution in [3.05, 3.63) is 28.7 Å². The molecule has 1 saturated heterocycles. The molecular weight excluding hydrogens is 367 g/mol. The van der Waals surface area contributed by atoms with Gasteiger partial charge >= 0.3 is 6.09 Å². The van der Waals surface area contributed by atoms with E-state index in [4.69, 9.17) is 4.74 Å². The summed E-state index contributed by atoms with van der Waals surface area (Å²) in [6.07, 6.45) is -1.94. The van der Waals surface area contributed by atoms with Crippen LogP contribution in [-0.4, -0.2) is 41.3 Å². The molecule has 126 valence electrons. The zero-order valence-corrected chi connectivity index (χ0v) is 14.9. The number of likely N-dealkylation sites (tertiary alicyclic amines) is 1. The lowest BCUT2D eigenvalue weighted by molar-refractivity contribution is -0.120. The highest BCUT2D eigenvalue weighted by molar-refractivity contribution is 9.10. The average molecular weight is 387 g/mol. The Balaban J connectivity index is 2.09. The number of benzene rings is 1. The van der Waals surface area contributed by atoms with Crippen LogP contribution in [0.4, 0.5) is 14.9 Å². The Morgan fingerprint density at radius 3 is 2.70 bits per heavy atom. The number of carbonyl (C=O) groups excluding carboxylic acids is 2. The first-order valence-electron chi connectivity index (χ1n) is 7.36. The van der Waals surface area contributed by atoms with E-state index in [0.29, 0.717) is 5.69 Å². The number of ether oxygens (including phenoxy) is 1. The van der Waals surface area contributed by atoms with E-state index in [1.165, 1.54) is 0 Å². The Morgan fingerprint density at radius 2 is 2.09 bits per heavy atom. The van der Waals surface area contributed by atoms with Gasteiger partial charge in [-0.1, -0.05) is 22.0 Å². The molecule has 1 fully saturated rings. The summed E-state index contributed by atoms with van der Waals surface area (Å²) >= 11 is 3.32. The molecule has 0 aromatic heterocycles. The highest BCUT2D eigenvalue weighted by Crippen LogP contribution is 2.25. The van der Waals surface area contributed by atoms with Gasteiger partial charge in [0.05, 0.1) is 6.54 Å². The maximum Gasteiger partial charge on any atom is 0.411 e. The van der Waals surface area contributed by atoms with Gasteiger partial charge in [-0.05, 0) is 39.0 Å². The summed E-state index contributed by atoms with van der Waals surface area (Å²) in [5.74, 6) is -0.422. The molecule has 1 aromatic rings. The molecule has 1 N–H and O–H groups in total. The van der Waals surface area contributed by atoms with Gasteiger partial charge in [-0.2, -0.15) is 0 Å². The summed E-state index contributed by atoms with van der Waals surface area (Å²) in [7, 11) is 0. The predicted molar refractivity (Wildman–Crippen MR) is 89.0 cm³/mol. The molecule has 0 bridgehead atoms. The van der Waals surface area contributed by atoms with Crippen molar-refractivity contribution in [3.8, 4) is 0 Å². The molecule has 7 heteroatoms. The molecule has 2 atom stereocenters. The van der Waals surface area contributed by atoms with Gasteiger partial charge in [-0.3, -0.25) is 9.69 Å². The van der Waals surface area contributed by atoms with Gasteiger partial charge in [-0.25, -0.2) is 9.18 Å². The Hall–Kier alpha value is -1.63. The van der Waals surface area contributed by atoms with Gasteiger partial charge in [0.1, 0.15) is 17.8 Å². The average Bonchev–Trinajstić information content (AvgIpc) is 2.79. The third-order valence-electron chi connectivity index (χ3n) is 3.27. The van der Waals surface area contributed by atoms with Crippen LogP contribution in [0.1, 0.15) is 27.2 Å². The summed E-state index contributed by atoms with van der Waals surface area (Å²) in [5.41, 5.74) is -0.118. The molecule has 2 rings (SSSR count). The van der Waals surface area contributed by atoms with Crippen molar-refractivity contribution < 1.29 is 18.7 Å². The zero-order chi connectivity index (χ0) is 17.2. The van der Waals surface area contributed by atoms with E-state index in [2.05, 4.69) is 21.2 Å². The van der Waals surface area contributed by atoms with Crippen molar-refractivity contribution >= 4 is 33.6 Å². The number of alkyl halides is 1. The third-order valence-corrected chi connectivity index (χ3v) is 3.77. The van der Waals surface area contributed by atoms with Gasteiger partial charge in [0.2, 0.25) is 5.91 Å². The molecule has 5 nitrogen and oxygen atoms in total. The van der Waals surface area contributed by atoms with Crippen molar-refractivity contribution in [2.24, 2.45) is 0 Å². The van der Waals surface area contributed by atoms with Crippen molar-refractivity contribution in [1.29, 1.82) is 0 Å². The number of nitrogens with one attached hydrogen (secondary N) is 1. The largest absolute Gasteiger partial charge is 0.444 e. The maximum atomic E-state index is 13.7. The van der Waals surface area contributed by atoms with Crippen molar-refractivity contribution in [2.75, 3.05) is 11.9 Å². The van der Waals surface area contributed by atoms with E-state index >= 15 is 0 Å². The monoisotopic (exact) mass is 386 g/mol. The molecule has 0 unspecified atom stereocenters. The second-order valence-electron chi connectivity index (χ2n) is 6.48. The third kappa shape index (κ3) is 4.92. The fourth-order valence-electron chi connectivity index (χ4n) is 2.35. The van der Waals surface area contributed by atoms with Gasteiger partial charge in [-0.15, -0.1) is 0 Å². The van der Waals surface area contributed by atoms with Crippen LogP contribution in [0.15, 0.2) is 28.7 Å². The first-order valence-corrected chi connectivity index (χ1v) is 8.15. The number of halogens is 2. The minimum absolute atomic E-state index is 0.0287. The number of rotatable bonds is 2. The van der Waals surface area contributed by atoms with Gasteiger partial charge in [0.15, 0.2) is 0 Å². The van der Waals surface area contributed by atoms with E-state index in [0.717, 1.165) is 9.37 Å². The standard InChI is InChI=1S/C16H20BrFN2O3/c1-16(2,3)23-15(22)20-9-11(18)8-13(20)14(21)19-12-6-4-5-10(17)7-12/h4-7,11,13H,8-9H2,1-3H3,(H,19,21)/t11-,13+/m1/s1. The SMILES string of the molecule is CC(C)(C)OC(=O)N1C[C@H](F)C[C@H]1C(=O)Nc1cccc(Br)c1. The second-order valence-corrected chi connectivity index (χ2v) is 7.40. The topological polar surface area (TPSA) is 58.6 Å². The molecular formula is C16H20BrFN2O3. The lowest BCUT2D eigenvalue weighted by atomic mass is 10.2. The molecule has 0 aliphatic carbocycles. The molecule has 23 heavy (non-hydrogen) atoms. The van der Waals surface area contributed by atoms with E-state index in [9.17, 15) is 14.0 Å². The molecule has 0 saturated carbocycles. The van der Waals surface area contributed by atoms with E-state index in [1.54, 1.807) is 39.0 Å². The molecule has 1 aromatic carbocycles. The quantitative estimate of drug-likeness (QED) is 0.841. The summed E-state index contributed by atoms with van der Waals surface area (Å²) in [4.78, 5) is 25.7. The normalized spacial score (nSPS) is 21.2. The minimum Gasteiger partial charge on any atom is -0.444 e. The van der Waals surface area contributed by atoms with Crippen LogP contribution in [0.5, 0.6) is 0 Å². The first-order chi connectivity index (χ1) is 10.7. The van der Waals surface area contributed by atoms with Gasteiger partial charge in [0, 0.05) is 16.6 Å². The Labute approximate surface area is 143 Å². The number of hydrogen-bond donors (Lipinski definition) is 1. The van der Waals surface area contributed by atoms with Crippen LogP contribution in [0.2, 0.25) is 0 Å². The van der Waals surface area contributed by atoms with Crippen LogP contribution < -0.4 is 5.32 Å². The summed E-state index contributed by atoms with van der Waals surface area (Å²) < 4.78 is 19.8. The number of amides is 2. The highest BCUT2D eigenvalue weighted by Gasteiger charge is 2.41. The van der Waals surface area contributed by atoms with Gasteiger partial charge < -0.3 is 10.1 Å². The summed E-state index contributed by atoms with van der Waals surface area (Å²) in [6.45, 7) is 5.05. The first kappa shape index (κ1) is 17.7. The van der Waals surface area contributed by atoms with Crippen LogP contribution in [0, 0.1) is 0 Å². The smallest absolute Gasteiger partial charge is 0.411 e. The van der Waals surface area contributed by atoms with Crippen molar-refractivity contribution in [2.45, 2.75) is 45.0 Å². The molecule has 1 aliphatic heterocycles. The van der Waals surface area contributed by atoms with Crippen molar-refractivity contribution in [1.82, 2.24) is 4.90 Å².